The minimum absolute atomic E-state index is 0.203. The molecule has 2 aromatic rings. The summed E-state index contributed by atoms with van der Waals surface area (Å²) in [6, 6.07) is 0. The van der Waals surface area contributed by atoms with Gasteiger partial charge >= 0.3 is 0 Å². The summed E-state index contributed by atoms with van der Waals surface area (Å²) in [5, 5.41) is 9.69. The van der Waals surface area contributed by atoms with Crippen LogP contribution in [0.25, 0.3) is 4.96 Å². The maximum atomic E-state index is 11.9. The zero-order valence-corrected chi connectivity index (χ0v) is 20.5. The predicted molar refractivity (Wildman–Crippen MR) is 125 cm³/mol. The third kappa shape index (κ3) is 8.72. The molecule has 0 aliphatic rings. The molecule has 1 atom stereocenters. The molecule has 0 amide bonds. The Morgan fingerprint density at radius 3 is 1.93 bits per heavy atom. The second-order valence-electron chi connectivity index (χ2n) is 8.07. The van der Waals surface area contributed by atoms with Crippen molar-refractivity contribution in [2.24, 2.45) is 0 Å². The number of hydrogen-bond donors (Lipinski definition) is 2. The Morgan fingerprint density at radius 2 is 1.43 bits per heavy atom. The molecule has 1 unspecified atom stereocenters. The first-order valence-corrected chi connectivity index (χ1v) is 14.1. The Bertz CT molecular complexity index is 889. The maximum absolute atomic E-state index is 11.9. The molecule has 2 aromatic heterocycles. The lowest BCUT2D eigenvalue weighted by Gasteiger charge is -2.11. The molecule has 0 fully saturated rings. The zero-order valence-electron chi connectivity index (χ0n) is 18.0. The lowest BCUT2D eigenvalue weighted by molar-refractivity contribution is 0.452. The Morgan fingerprint density at radius 1 is 0.933 bits per heavy atom. The van der Waals surface area contributed by atoms with Gasteiger partial charge in [-0.2, -0.15) is 8.42 Å². The van der Waals surface area contributed by atoms with Crippen LogP contribution in [0.3, 0.4) is 0 Å². The largest absolute Gasteiger partial charge is 0.285 e. The highest BCUT2D eigenvalue weighted by Gasteiger charge is 2.30. The Hall–Kier alpha value is -0.840. The Labute approximate surface area is 189 Å². The molecule has 0 aromatic carbocycles. The third-order valence-corrected chi connectivity index (χ3v) is 7.74. The minimum Gasteiger partial charge on any atom is -0.285 e. The average Bonchev–Trinajstić information content (AvgIpc) is 3.23. The van der Waals surface area contributed by atoms with Crippen LogP contribution in [0, 0.1) is 3.95 Å². The lowest BCUT2D eigenvalue weighted by atomic mass is 10.0. The fraction of sp³-hybridized carbons (Fsp3) is 0.850. The van der Waals surface area contributed by atoms with Crippen LogP contribution in [0.1, 0.15) is 114 Å². The monoisotopic (exact) mass is 476 g/mol. The van der Waals surface area contributed by atoms with Gasteiger partial charge in [0, 0.05) is 0 Å². The molecule has 0 saturated heterocycles. The predicted octanol–water partition coefficient (Wildman–Crippen LogP) is 6.65. The van der Waals surface area contributed by atoms with Crippen molar-refractivity contribution in [2.45, 2.75) is 108 Å². The van der Waals surface area contributed by atoms with Crippen molar-refractivity contribution in [1.82, 2.24) is 19.8 Å². The van der Waals surface area contributed by atoms with Crippen LogP contribution in [0.2, 0.25) is 0 Å². The number of fused-ring (bicyclic) bond motifs is 1. The van der Waals surface area contributed by atoms with Gasteiger partial charge in [0.15, 0.2) is 9.78 Å². The number of aromatic amines is 1. The lowest BCUT2D eigenvalue weighted by Crippen LogP contribution is -2.16. The van der Waals surface area contributed by atoms with Crippen molar-refractivity contribution in [3.63, 3.8) is 0 Å². The smallest absolute Gasteiger partial charge is 0.275 e. The van der Waals surface area contributed by atoms with Crippen LogP contribution in [0.15, 0.2) is 0 Å². The molecular formula is C20H36N4O3S3. The number of H-pyrrole nitrogens is 1. The van der Waals surface area contributed by atoms with Gasteiger partial charge in [-0.3, -0.25) is 9.65 Å². The molecule has 0 spiro atoms. The average molecular weight is 477 g/mol. The van der Waals surface area contributed by atoms with Crippen molar-refractivity contribution >= 4 is 38.6 Å². The number of aromatic nitrogens is 4. The van der Waals surface area contributed by atoms with Gasteiger partial charge in [0.05, 0.1) is 0 Å². The number of nitrogens with zero attached hydrogens (tertiary/aromatic N) is 3. The summed E-state index contributed by atoms with van der Waals surface area (Å²) in [7, 11) is -4.26. The van der Waals surface area contributed by atoms with Gasteiger partial charge in [-0.1, -0.05) is 108 Å². The van der Waals surface area contributed by atoms with Crippen molar-refractivity contribution in [2.75, 3.05) is 0 Å². The van der Waals surface area contributed by atoms with Gasteiger partial charge in [-0.05, 0) is 18.6 Å². The van der Waals surface area contributed by atoms with Gasteiger partial charge in [0.1, 0.15) is 5.25 Å². The van der Waals surface area contributed by atoms with Crippen LogP contribution in [0.5, 0.6) is 0 Å². The van der Waals surface area contributed by atoms with Crippen molar-refractivity contribution in [3.8, 4) is 0 Å². The second kappa shape index (κ2) is 13.5. The van der Waals surface area contributed by atoms with Gasteiger partial charge in [-0.15, -0.1) is 10.2 Å². The summed E-state index contributed by atoms with van der Waals surface area (Å²) >= 11 is 6.29. The highest BCUT2D eigenvalue weighted by atomic mass is 32.2. The number of rotatable bonds is 17. The molecule has 2 heterocycles. The van der Waals surface area contributed by atoms with E-state index >= 15 is 0 Å². The summed E-state index contributed by atoms with van der Waals surface area (Å²) in [4.78, 5) is 0.504. The molecular weight excluding hydrogens is 440 g/mol. The summed E-state index contributed by atoms with van der Waals surface area (Å²) in [5.41, 5.74) is 0. The van der Waals surface area contributed by atoms with Crippen LogP contribution in [0.4, 0.5) is 0 Å². The van der Waals surface area contributed by atoms with Gasteiger partial charge in [0.25, 0.3) is 10.1 Å². The topological polar surface area (TPSA) is 100 Å². The van der Waals surface area contributed by atoms with Crippen LogP contribution >= 0.6 is 23.6 Å². The molecule has 7 nitrogen and oxygen atoms in total. The second-order valence-corrected chi connectivity index (χ2v) is 11.3. The van der Waals surface area contributed by atoms with Crippen molar-refractivity contribution < 1.29 is 13.0 Å². The molecule has 0 bridgehead atoms. The van der Waals surface area contributed by atoms with Crippen LogP contribution in [-0.4, -0.2) is 32.8 Å². The SMILES string of the molecule is CCCCCCCCCCCCCCCCC(c1nnc2sc(=S)[nH]n12)S(=O)(=O)O. The molecule has 0 radical (unpaired) electrons. The van der Waals surface area contributed by atoms with Crippen LogP contribution in [-0.2, 0) is 10.1 Å². The van der Waals surface area contributed by atoms with E-state index in [0.717, 1.165) is 19.3 Å². The standard InChI is InChI=1S/C20H36N4O3S3/c1-2-3-4-5-6-7-8-9-10-11-12-13-14-15-16-17(30(25,26)27)18-21-22-19-24(18)23-20(28)29-19/h17H,2-16H2,1H3,(H,23,28)(H,25,26,27). The Balaban J connectivity index is 1.59. The quantitative estimate of drug-likeness (QED) is 0.151. The van der Waals surface area contributed by atoms with E-state index in [4.69, 9.17) is 12.2 Å². The Kier molecular flexibility index (Phi) is 11.5. The number of nitrogens with one attached hydrogen (secondary N) is 1. The zero-order chi connectivity index (χ0) is 21.8. The first-order chi connectivity index (χ1) is 14.4. The molecule has 0 aliphatic carbocycles. The van der Waals surface area contributed by atoms with E-state index in [1.54, 1.807) is 0 Å². The summed E-state index contributed by atoms with van der Waals surface area (Å²) in [6.45, 7) is 2.25. The van der Waals surface area contributed by atoms with E-state index in [9.17, 15) is 13.0 Å². The van der Waals surface area contributed by atoms with E-state index < -0.39 is 15.4 Å². The first kappa shape index (κ1) is 25.4. The normalized spacial score (nSPS) is 13.3. The number of hydrogen-bond acceptors (Lipinski definition) is 6. The van der Waals surface area contributed by atoms with Gasteiger partial charge < -0.3 is 0 Å². The molecule has 10 heteroatoms. The maximum Gasteiger partial charge on any atom is 0.275 e. The molecule has 0 saturated carbocycles. The molecule has 172 valence electrons. The van der Waals surface area contributed by atoms with Crippen LogP contribution < -0.4 is 0 Å². The van der Waals surface area contributed by atoms with Crippen molar-refractivity contribution in [3.05, 3.63) is 9.78 Å². The molecule has 2 N–H and O–H groups in total. The third-order valence-electron chi connectivity index (χ3n) is 5.51. The number of unbranched alkanes of at least 4 members (excludes halogenated alkanes) is 13. The van der Waals surface area contributed by atoms with E-state index in [1.807, 2.05) is 0 Å². The van der Waals surface area contributed by atoms with Crippen molar-refractivity contribution in [1.29, 1.82) is 0 Å². The van der Waals surface area contributed by atoms with E-state index in [1.165, 1.54) is 86.5 Å². The summed E-state index contributed by atoms with van der Waals surface area (Å²) in [6.07, 6.45) is 17.7. The highest BCUT2D eigenvalue weighted by Crippen LogP contribution is 2.27. The van der Waals surface area contributed by atoms with E-state index in [2.05, 4.69) is 22.2 Å². The molecule has 0 aliphatic heterocycles. The van der Waals surface area contributed by atoms with Gasteiger partial charge in [0.2, 0.25) is 4.96 Å². The molecule has 30 heavy (non-hydrogen) atoms. The van der Waals surface area contributed by atoms with Gasteiger partial charge in [-0.25, -0.2) is 4.52 Å². The fourth-order valence-corrected chi connectivity index (χ4v) is 5.61. The molecule has 2 rings (SSSR count). The first-order valence-electron chi connectivity index (χ1n) is 11.3. The summed E-state index contributed by atoms with van der Waals surface area (Å²) < 4.78 is 35.4. The van der Waals surface area contributed by atoms with E-state index in [0.29, 0.717) is 15.3 Å². The minimum atomic E-state index is -4.26. The van der Waals surface area contributed by atoms with E-state index in [-0.39, 0.29) is 5.82 Å². The highest BCUT2D eigenvalue weighted by molar-refractivity contribution is 7.86. The summed E-state index contributed by atoms with van der Waals surface area (Å²) in [5.74, 6) is 0.203. The fourth-order valence-electron chi connectivity index (χ4n) is 3.79.